The Bertz CT molecular complexity index is 935. The molecule has 0 aliphatic carbocycles. The largest absolute Gasteiger partial charge is 0.481 e. The highest BCUT2D eigenvalue weighted by molar-refractivity contribution is 5.96. The molecule has 4 amide bonds. The Hall–Kier alpha value is -4.01. The SMILES string of the molecule is NC(=O)CC(NC(=O)C1CCCN1C(=O)C(CC(=O)O)NC(=O)C(N)Cc1cnc[nH]1)C(=O)O. The van der Waals surface area contributed by atoms with E-state index >= 15 is 0 Å². The van der Waals surface area contributed by atoms with Gasteiger partial charge in [0.05, 0.1) is 25.2 Å². The van der Waals surface area contributed by atoms with E-state index in [0.29, 0.717) is 12.1 Å². The molecule has 4 unspecified atom stereocenters. The minimum absolute atomic E-state index is 0.0605. The van der Waals surface area contributed by atoms with Crippen LogP contribution in [0.4, 0.5) is 0 Å². The predicted molar refractivity (Wildman–Crippen MR) is 113 cm³/mol. The summed E-state index contributed by atoms with van der Waals surface area (Å²) in [5.74, 6) is -6.23. The first-order chi connectivity index (χ1) is 16.0. The second-order valence-electron chi connectivity index (χ2n) is 7.81. The number of amides is 4. The number of imidazole rings is 1. The summed E-state index contributed by atoms with van der Waals surface area (Å²) in [4.78, 5) is 79.6. The number of H-pyrrole nitrogens is 1. The predicted octanol–water partition coefficient (Wildman–Crippen LogP) is -3.33. The van der Waals surface area contributed by atoms with Gasteiger partial charge in [-0.3, -0.25) is 24.0 Å². The Balaban J connectivity index is 2.10. The first-order valence-electron chi connectivity index (χ1n) is 10.4. The first kappa shape index (κ1) is 26.2. The van der Waals surface area contributed by atoms with Gasteiger partial charge in [0, 0.05) is 24.9 Å². The van der Waals surface area contributed by atoms with Crippen molar-refractivity contribution in [1.82, 2.24) is 25.5 Å². The lowest BCUT2D eigenvalue weighted by atomic mass is 10.1. The van der Waals surface area contributed by atoms with E-state index < -0.39 is 72.6 Å². The molecule has 0 aromatic carbocycles. The maximum absolute atomic E-state index is 13.1. The summed E-state index contributed by atoms with van der Waals surface area (Å²) >= 11 is 0. The van der Waals surface area contributed by atoms with Crippen LogP contribution >= 0.6 is 0 Å². The van der Waals surface area contributed by atoms with Crippen LogP contribution in [-0.4, -0.2) is 91.4 Å². The Kier molecular flexibility index (Phi) is 9.06. The van der Waals surface area contributed by atoms with Gasteiger partial charge in [-0.1, -0.05) is 0 Å². The summed E-state index contributed by atoms with van der Waals surface area (Å²) in [6, 6.07) is -5.31. The summed E-state index contributed by atoms with van der Waals surface area (Å²) in [6.45, 7) is 0.0800. The summed E-state index contributed by atoms with van der Waals surface area (Å²) in [5, 5.41) is 22.9. The van der Waals surface area contributed by atoms with Crippen molar-refractivity contribution in [2.24, 2.45) is 11.5 Å². The second kappa shape index (κ2) is 11.7. The summed E-state index contributed by atoms with van der Waals surface area (Å²) in [7, 11) is 0. The maximum atomic E-state index is 13.1. The van der Waals surface area contributed by atoms with Crippen molar-refractivity contribution >= 4 is 35.6 Å². The number of rotatable bonds is 12. The highest BCUT2D eigenvalue weighted by Gasteiger charge is 2.40. The van der Waals surface area contributed by atoms with Crippen LogP contribution in [0.25, 0.3) is 0 Å². The molecule has 2 heterocycles. The highest BCUT2D eigenvalue weighted by atomic mass is 16.4. The molecule has 186 valence electrons. The van der Waals surface area contributed by atoms with E-state index in [1.54, 1.807) is 0 Å². The normalized spacial score (nSPS) is 17.9. The fraction of sp³-hybridized carbons (Fsp3) is 0.526. The van der Waals surface area contributed by atoms with Crippen LogP contribution < -0.4 is 22.1 Å². The van der Waals surface area contributed by atoms with E-state index in [0.717, 1.165) is 4.90 Å². The van der Waals surface area contributed by atoms with Crippen LogP contribution in [0.15, 0.2) is 12.5 Å². The maximum Gasteiger partial charge on any atom is 0.326 e. The molecule has 4 atom stereocenters. The molecule has 0 radical (unpaired) electrons. The van der Waals surface area contributed by atoms with E-state index in [1.807, 2.05) is 0 Å². The Labute approximate surface area is 193 Å². The lowest BCUT2D eigenvalue weighted by Gasteiger charge is -2.29. The monoisotopic (exact) mass is 481 g/mol. The second-order valence-corrected chi connectivity index (χ2v) is 7.81. The number of likely N-dealkylation sites (tertiary alicyclic amines) is 1. The number of nitrogens with zero attached hydrogens (tertiary/aromatic N) is 2. The number of aromatic nitrogens is 2. The van der Waals surface area contributed by atoms with Crippen LogP contribution in [0.5, 0.6) is 0 Å². The average molecular weight is 481 g/mol. The molecule has 15 nitrogen and oxygen atoms in total. The molecule has 1 aliphatic rings. The van der Waals surface area contributed by atoms with Crippen molar-refractivity contribution in [2.75, 3.05) is 6.54 Å². The van der Waals surface area contributed by atoms with Gasteiger partial charge in [-0.2, -0.15) is 0 Å². The molecule has 9 N–H and O–H groups in total. The van der Waals surface area contributed by atoms with Crippen LogP contribution in [0.3, 0.4) is 0 Å². The zero-order valence-electron chi connectivity index (χ0n) is 18.1. The zero-order chi connectivity index (χ0) is 25.4. The zero-order valence-corrected chi connectivity index (χ0v) is 18.1. The smallest absolute Gasteiger partial charge is 0.326 e. The minimum atomic E-state index is -1.59. The number of aromatic amines is 1. The number of carboxylic acid groups (broad SMARTS) is 2. The van der Waals surface area contributed by atoms with Crippen molar-refractivity contribution in [3.05, 3.63) is 18.2 Å². The van der Waals surface area contributed by atoms with Gasteiger partial charge in [0.25, 0.3) is 0 Å². The lowest BCUT2D eigenvalue weighted by Crippen LogP contribution is -2.57. The van der Waals surface area contributed by atoms with Crippen LogP contribution in [0.1, 0.15) is 31.4 Å². The third-order valence-electron chi connectivity index (χ3n) is 5.18. The van der Waals surface area contributed by atoms with Gasteiger partial charge in [-0.05, 0) is 12.8 Å². The van der Waals surface area contributed by atoms with E-state index in [1.165, 1.54) is 12.5 Å². The topological polar surface area (TPSA) is 251 Å². The fourth-order valence-electron chi connectivity index (χ4n) is 3.55. The molecule has 1 aromatic heterocycles. The Morgan fingerprint density at radius 2 is 1.85 bits per heavy atom. The number of carbonyl (C=O) groups excluding carboxylic acids is 4. The third kappa shape index (κ3) is 7.26. The van der Waals surface area contributed by atoms with E-state index in [4.69, 9.17) is 11.5 Å². The van der Waals surface area contributed by atoms with Crippen LogP contribution in [0, 0.1) is 0 Å². The number of hydrogen-bond acceptors (Lipinski definition) is 8. The number of nitrogens with two attached hydrogens (primary N) is 2. The van der Waals surface area contributed by atoms with E-state index in [9.17, 15) is 39.0 Å². The molecule has 0 spiro atoms. The third-order valence-corrected chi connectivity index (χ3v) is 5.18. The number of primary amides is 1. The van der Waals surface area contributed by atoms with Gasteiger partial charge >= 0.3 is 11.9 Å². The molecular weight excluding hydrogens is 454 g/mol. The van der Waals surface area contributed by atoms with Crippen molar-refractivity contribution < 1.29 is 39.0 Å². The van der Waals surface area contributed by atoms with Crippen molar-refractivity contribution in [1.29, 1.82) is 0 Å². The van der Waals surface area contributed by atoms with Crippen LogP contribution in [-0.2, 0) is 35.2 Å². The molecule has 0 saturated carbocycles. The van der Waals surface area contributed by atoms with Gasteiger partial charge in [0.1, 0.15) is 18.1 Å². The molecule has 2 rings (SSSR count). The van der Waals surface area contributed by atoms with Gasteiger partial charge in [0.15, 0.2) is 0 Å². The van der Waals surface area contributed by atoms with Gasteiger partial charge in [0.2, 0.25) is 23.6 Å². The van der Waals surface area contributed by atoms with E-state index in [2.05, 4.69) is 20.6 Å². The van der Waals surface area contributed by atoms with Crippen molar-refractivity contribution in [3.63, 3.8) is 0 Å². The molecular formula is C19H27N7O8. The molecule has 1 aromatic rings. The average Bonchev–Trinajstić information content (AvgIpc) is 3.43. The van der Waals surface area contributed by atoms with Crippen LogP contribution in [0.2, 0.25) is 0 Å². The molecule has 1 fully saturated rings. The van der Waals surface area contributed by atoms with Gasteiger partial charge < -0.3 is 42.2 Å². The number of carboxylic acids is 2. The molecule has 15 heteroatoms. The first-order valence-corrected chi connectivity index (χ1v) is 10.4. The van der Waals surface area contributed by atoms with E-state index in [-0.39, 0.29) is 19.4 Å². The number of carbonyl (C=O) groups is 6. The summed E-state index contributed by atoms with van der Waals surface area (Å²) in [6.07, 6.45) is 2.07. The number of hydrogen-bond donors (Lipinski definition) is 7. The lowest BCUT2D eigenvalue weighted by molar-refractivity contribution is -0.147. The molecule has 1 saturated heterocycles. The number of aliphatic carboxylic acids is 2. The highest BCUT2D eigenvalue weighted by Crippen LogP contribution is 2.20. The van der Waals surface area contributed by atoms with Gasteiger partial charge in [-0.25, -0.2) is 9.78 Å². The fourth-order valence-corrected chi connectivity index (χ4v) is 3.55. The molecule has 34 heavy (non-hydrogen) atoms. The summed E-state index contributed by atoms with van der Waals surface area (Å²) < 4.78 is 0. The quantitative estimate of drug-likeness (QED) is 0.156. The Morgan fingerprint density at radius 3 is 2.41 bits per heavy atom. The molecule has 1 aliphatic heterocycles. The Morgan fingerprint density at radius 1 is 1.15 bits per heavy atom. The molecule has 0 bridgehead atoms. The van der Waals surface area contributed by atoms with Crippen molar-refractivity contribution in [3.8, 4) is 0 Å². The standard InChI is InChI=1S/C19H27N7O8/c20-10(4-9-7-22-8-23-9)16(30)24-11(6-15(28)29)18(32)26-3-1-2-13(26)17(31)25-12(19(33)34)5-14(21)27/h7-8,10-13H,1-6,20H2,(H2,21,27)(H,22,23)(H,24,30)(H,25,31)(H,28,29)(H,33,34). The van der Waals surface area contributed by atoms with Gasteiger partial charge in [-0.15, -0.1) is 0 Å². The summed E-state index contributed by atoms with van der Waals surface area (Å²) in [5.41, 5.74) is 11.4. The van der Waals surface area contributed by atoms with Crippen molar-refractivity contribution in [2.45, 2.75) is 56.3 Å². The number of nitrogens with one attached hydrogen (secondary N) is 3. The minimum Gasteiger partial charge on any atom is -0.481 e.